The molecular weight excluding hydrogens is 1050 g/mol. The lowest BCUT2D eigenvalue weighted by Gasteiger charge is -2.38. The van der Waals surface area contributed by atoms with E-state index in [1.807, 2.05) is 14.1 Å². The number of rotatable bonds is 8. The lowest BCUT2D eigenvalue weighted by atomic mass is 9.78. The number of phenolic OH excluding ortho intramolecular Hbond substituents is 2. The van der Waals surface area contributed by atoms with Crippen molar-refractivity contribution in [1.82, 2.24) is 14.7 Å². The van der Waals surface area contributed by atoms with Crippen LogP contribution in [-0.4, -0.2) is 158 Å². The number of aliphatic hydroxyl groups is 2. The topological polar surface area (TPSA) is 233 Å². The Morgan fingerprint density at radius 3 is 2.25 bits per heavy atom. The number of amides is 2. The molecule has 5 N–H and O–H groups in total. The van der Waals surface area contributed by atoms with Gasteiger partial charge in [0.15, 0.2) is 11.4 Å². The van der Waals surface area contributed by atoms with E-state index < -0.39 is 95.1 Å². The second kappa shape index (κ2) is 22.5. The van der Waals surface area contributed by atoms with E-state index in [-0.39, 0.29) is 55.5 Å². The van der Waals surface area contributed by atoms with Gasteiger partial charge in [-0.3, -0.25) is 29.2 Å². The molecule has 0 aliphatic carbocycles. The van der Waals surface area contributed by atoms with Crippen LogP contribution in [0.3, 0.4) is 0 Å². The fraction of sp³-hybridized carbons (Fsp3) is 0.593. The van der Waals surface area contributed by atoms with Crippen molar-refractivity contribution < 1.29 is 58.6 Å². The van der Waals surface area contributed by atoms with Gasteiger partial charge in [0.05, 0.1) is 40.9 Å². The van der Waals surface area contributed by atoms with Crippen LogP contribution in [-0.2, 0) is 28.6 Å². The van der Waals surface area contributed by atoms with Crippen molar-refractivity contribution in [2.75, 3.05) is 59.2 Å². The number of fused-ring (bicyclic) bond motifs is 13. The fourth-order valence-electron chi connectivity index (χ4n) is 11.0. The predicted molar refractivity (Wildman–Crippen MR) is 283 cm³/mol. The van der Waals surface area contributed by atoms with Crippen LogP contribution in [0.25, 0.3) is 10.8 Å². The molecule has 73 heavy (non-hydrogen) atoms. The van der Waals surface area contributed by atoms with Crippen molar-refractivity contribution in [3.8, 4) is 17.2 Å². The van der Waals surface area contributed by atoms with Gasteiger partial charge >= 0.3 is 11.8 Å². The van der Waals surface area contributed by atoms with Crippen molar-refractivity contribution in [2.24, 2.45) is 33.7 Å². The summed E-state index contributed by atoms with van der Waals surface area (Å²) in [6, 6.07) is 0.327. The van der Waals surface area contributed by atoms with Crippen LogP contribution in [0, 0.1) is 30.6 Å². The summed E-state index contributed by atoms with van der Waals surface area (Å²) >= 11 is 2.39. The molecule has 2 saturated heterocycles. The highest BCUT2D eigenvalue weighted by molar-refractivity contribution is 14.1. The van der Waals surface area contributed by atoms with Crippen LogP contribution >= 0.6 is 22.6 Å². The number of anilines is 1. The Hall–Kier alpha value is -4.93. The number of likely N-dealkylation sites (tertiary alicyclic amines) is 2. The molecule has 2 fully saturated rings. The van der Waals surface area contributed by atoms with Gasteiger partial charge in [-0.1, -0.05) is 82.0 Å². The zero-order chi connectivity index (χ0) is 53.4. The number of Topliss-reactive ketones (excluding diaryl/α,β-unsaturated/α-hetero) is 1. The summed E-state index contributed by atoms with van der Waals surface area (Å²) in [5, 5.41) is 51.0. The Morgan fingerprint density at radius 1 is 0.973 bits per heavy atom. The molecule has 8 rings (SSSR count). The molecule has 1 spiro atoms. The van der Waals surface area contributed by atoms with E-state index in [9.17, 15) is 34.8 Å². The number of hydrogen-bond donors (Lipinski definition) is 5. The molecule has 5 bridgehead atoms. The molecule has 0 radical (unpaired) electrons. The number of aromatic hydroxyl groups is 2. The number of allylic oxidation sites excluding steroid dienone is 2. The molecule has 398 valence electrons. The Bertz CT molecular complexity index is 2710. The van der Waals surface area contributed by atoms with Crippen molar-refractivity contribution in [3.05, 3.63) is 70.6 Å². The van der Waals surface area contributed by atoms with Gasteiger partial charge in [0.25, 0.3) is 11.7 Å². The fourth-order valence-corrected chi connectivity index (χ4v) is 11.5. The molecule has 18 nitrogen and oxygen atoms in total. The largest absolute Gasteiger partial charge is 0.507 e. The smallest absolute Gasteiger partial charge is 0.336 e. The Kier molecular flexibility index (Phi) is 17.2. The monoisotopic (exact) mass is 1120 g/mol. The molecule has 6 aliphatic rings. The maximum atomic E-state index is 15.1. The van der Waals surface area contributed by atoms with E-state index in [4.69, 9.17) is 28.9 Å². The molecule has 0 aromatic heterocycles. The van der Waals surface area contributed by atoms with Gasteiger partial charge in [-0.25, -0.2) is 0 Å². The first kappa shape index (κ1) is 55.8. The number of esters is 1. The van der Waals surface area contributed by atoms with Crippen LogP contribution in [0.2, 0.25) is 0 Å². The standard InChI is InChI=1S/C54H73IN6O12/c1-12-54-51(68)41-39-40(47(66)34(8)50(41)73-54)48(67)44(43-42(39)57-53(58-43)19-23-60(24-20-53)27-30(4)55)56-52(69)29(3)15-13-14-28(2)45(64)32(6)46(65)33(7)49(31(5)36(70-11)18-25-71-54)72-38(63)26-37(62)61-21-16-35(17-22-61)59(9)10/h12-15,18,25,28,30-33,35-36,45-46,49,64-67H,1,16-17,19-24,26-27H2,2-11H3,(H,56,69)/b14-13+,25-18+,29-15-/t28-,30?,31+,32+,33+,36-,45-,46+,49+,54-/m0/s1. The maximum Gasteiger partial charge on any atom is 0.336 e. The van der Waals surface area contributed by atoms with Gasteiger partial charge in [-0.2, -0.15) is 0 Å². The minimum atomic E-state index is -2.21. The number of nitrogens with one attached hydrogen (secondary N) is 1. The van der Waals surface area contributed by atoms with Gasteiger partial charge in [0.2, 0.25) is 5.91 Å². The molecule has 2 aromatic rings. The van der Waals surface area contributed by atoms with Crippen molar-refractivity contribution in [3.63, 3.8) is 0 Å². The van der Waals surface area contributed by atoms with Gasteiger partial charge in [0.1, 0.15) is 35.1 Å². The number of aliphatic hydroxyl groups excluding tert-OH is 2. The number of carbonyl (C=O) groups excluding carboxylic acids is 4. The molecule has 2 aromatic carbocycles. The number of hydrogen-bond acceptors (Lipinski definition) is 16. The summed E-state index contributed by atoms with van der Waals surface area (Å²) in [5.74, 6) is -8.55. The first-order valence-corrected chi connectivity index (χ1v) is 26.5. The normalized spacial score (nSPS) is 31.2. The predicted octanol–water partition coefficient (Wildman–Crippen LogP) is 5.01. The lowest BCUT2D eigenvalue weighted by molar-refractivity contribution is -0.165. The van der Waals surface area contributed by atoms with Crippen molar-refractivity contribution in [2.45, 2.75) is 126 Å². The van der Waals surface area contributed by atoms with E-state index in [1.54, 1.807) is 57.7 Å². The van der Waals surface area contributed by atoms with Crippen molar-refractivity contribution in [1.29, 1.82) is 0 Å². The number of carbonyl (C=O) groups is 4. The summed E-state index contributed by atoms with van der Waals surface area (Å²) in [7, 11) is 5.44. The Balaban J connectivity index is 1.31. The quantitative estimate of drug-likeness (QED) is 0.0585. The maximum absolute atomic E-state index is 15.1. The molecule has 6 heterocycles. The average Bonchev–Trinajstić information content (AvgIpc) is 3.88. The number of ether oxygens (including phenoxy) is 4. The highest BCUT2D eigenvalue weighted by Crippen LogP contribution is 2.50. The second-order valence-corrected chi connectivity index (χ2v) is 23.0. The van der Waals surface area contributed by atoms with Crippen LogP contribution < -0.4 is 20.8 Å². The number of methoxy groups -OCH3 is 1. The molecule has 1 unspecified atom stereocenters. The third-order valence-corrected chi connectivity index (χ3v) is 16.1. The minimum absolute atomic E-state index is 0.0339. The number of nitrogens with zero attached hydrogens (tertiary/aromatic N) is 5. The van der Waals surface area contributed by atoms with Gasteiger partial charge < -0.3 is 59.4 Å². The van der Waals surface area contributed by atoms with Gasteiger partial charge in [0, 0.05) is 109 Å². The number of ketones is 1. The highest BCUT2D eigenvalue weighted by atomic mass is 127. The van der Waals surface area contributed by atoms with Crippen LogP contribution in [0.15, 0.2) is 58.8 Å². The number of benzene rings is 2. The van der Waals surface area contributed by atoms with Crippen LogP contribution in [0.4, 0.5) is 5.69 Å². The highest BCUT2D eigenvalue weighted by Gasteiger charge is 2.52. The summed E-state index contributed by atoms with van der Waals surface area (Å²) in [6.45, 7) is 19.3. The zero-order valence-electron chi connectivity index (χ0n) is 43.7. The van der Waals surface area contributed by atoms with E-state index in [2.05, 4.69) is 51.2 Å². The van der Waals surface area contributed by atoms with Crippen LogP contribution in [0.5, 0.6) is 17.2 Å². The first-order valence-electron chi connectivity index (χ1n) is 25.3. The molecule has 10 atom stereocenters. The molecule has 0 saturated carbocycles. The third-order valence-electron chi connectivity index (χ3n) is 15.7. The molecular formula is C54H73IN6O12. The SMILES string of the molecule is C=C[C@@]12O/C=C/[C@H](OC)[C@@H](C)[C@@H](OC(=O)CC(=O)N3CCC(N(C)C)CC3)[C@H](C)[C@H](O)[C@H](C)[C@@H](O)[C@@H](C)/C=C/C=C(/C)C(=O)Nc3c(O)c4c(O)c(C)c(c(c4c4c3=NC3(CCN(CC(C)I)CC3)N=4)C1=O)O2. The summed E-state index contributed by atoms with van der Waals surface area (Å²) in [5.41, 5.74) is -0.825. The number of alkyl halides is 1. The second-order valence-electron chi connectivity index (χ2n) is 20.9. The van der Waals surface area contributed by atoms with E-state index in [0.717, 1.165) is 19.4 Å². The minimum Gasteiger partial charge on any atom is -0.507 e. The van der Waals surface area contributed by atoms with E-state index in [1.165, 1.54) is 32.4 Å². The van der Waals surface area contributed by atoms with Crippen LogP contribution in [0.1, 0.15) is 89.6 Å². The molecule has 2 amide bonds. The number of halogens is 1. The van der Waals surface area contributed by atoms with E-state index >= 15 is 4.79 Å². The first-order chi connectivity index (χ1) is 34.5. The summed E-state index contributed by atoms with van der Waals surface area (Å²) in [4.78, 5) is 72.9. The average molecular weight is 1130 g/mol. The third kappa shape index (κ3) is 11.1. The summed E-state index contributed by atoms with van der Waals surface area (Å²) in [6.07, 6.45) is 6.43. The lowest BCUT2D eigenvalue weighted by Crippen LogP contribution is -2.47. The summed E-state index contributed by atoms with van der Waals surface area (Å²) < 4.78 is 25.1. The number of piperidine rings is 2. The Morgan fingerprint density at radius 2 is 1.63 bits per heavy atom. The molecule has 6 aliphatic heterocycles. The Labute approximate surface area is 441 Å². The number of phenols is 2. The van der Waals surface area contributed by atoms with Gasteiger partial charge in [-0.15, -0.1) is 0 Å². The zero-order valence-corrected chi connectivity index (χ0v) is 45.8. The van der Waals surface area contributed by atoms with Gasteiger partial charge in [-0.05, 0) is 46.9 Å². The van der Waals surface area contributed by atoms with E-state index in [0.29, 0.717) is 49.0 Å². The molecule has 19 heteroatoms. The van der Waals surface area contributed by atoms with Crippen molar-refractivity contribution >= 4 is 62.6 Å².